The number of amides is 2. The minimum atomic E-state index is -1.01. The van der Waals surface area contributed by atoms with Crippen molar-refractivity contribution >= 4 is 80.5 Å². The first-order valence-corrected chi connectivity index (χ1v) is 16.4. The zero-order valence-corrected chi connectivity index (χ0v) is 29.5. The summed E-state index contributed by atoms with van der Waals surface area (Å²) in [5.74, 6) is -3.23. The van der Waals surface area contributed by atoms with Gasteiger partial charge in [0.25, 0.3) is 11.8 Å². The van der Waals surface area contributed by atoms with Crippen molar-refractivity contribution in [3.05, 3.63) is 131 Å². The van der Waals surface area contributed by atoms with Crippen LogP contribution >= 0.6 is 36.7 Å². The maximum absolute atomic E-state index is 13.0. The van der Waals surface area contributed by atoms with Gasteiger partial charge >= 0.3 is 5.97 Å². The lowest BCUT2D eigenvalue weighted by atomic mass is 10.1. The number of thiocarbonyl (C=S) groups is 3. The smallest absolute Gasteiger partial charge is 0.365 e. The number of nitrogens with one attached hydrogen (secondary N) is 2. The zero-order chi connectivity index (χ0) is 36.2. The number of benzene rings is 4. The standard InChI is InChI=1S/C17H17NOS.C16H13F2NOS.C4H7NO2S/c1-13-7-10-15(11-8-13)18-17(19)16(20)12-9-14-5-3-2-4-6-14;17-13-8-7-12(10-14(13)18)19-16(20)15(21)9-6-11-4-2-1-3-5-11;1-2-7-4(6)3(5)8/h2-8,10-11H,9,12H2,1H3,(H,18,19);1-5,7-8,10H,6,9H2,(H,19,20);2H2,1H3,(H2,5,8). The van der Waals surface area contributed by atoms with E-state index in [1.807, 2.05) is 91.9 Å². The maximum Gasteiger partial charge on any atom is 0.365 e. The summed E-state index contributed by atoms with van der Waals surface area (Å²) in [6.07, 6.45) is 2.47. The minimum absolute atomic E-state index is 0.181. The number of hydrogen-bond donors (Lipinski definition) is 3. The molecule has 7 nitrogen and oxygen atoms in total. The van der Waals surface area contributed by atoms with Crippen molar-refractivity contribution in [2.45, 2.75) is 39.5 Å². The van der Waals surface area contributed by atoms with Crippen LogP contribution in [0.2, 0.25) is 0 Å². The Morgan fingerprint density at radius 1 is 0.673 bits per heavy atom. The average molecular weight is 722 g/mol. The predicted octanol–water partition coefficient (Wildman–Crippen LogP) is 7.68. The molecule has 49 heavy (non-hydrogen) atoms. The first kappa shape index (κ1) is 40.4. The fraction of sp³-hybridized carbons (Fsp3) is 0.189. The van der Waals surface area contributed by atoms with E-state index < -0.39 is 23.5 Å². The molecule has 0 heterocycles. The first-order chi connectivity index (χ1) is 23.4. The number of halogens is 2. The monoisotopic (exact) mass is 721 g/mol. The summed E-state index contributed by atoms with van der Waals surface area (Å²) in [5, 5.41) is 5.28. The maximum atomic E-state index is 13.0. The van der Waals surface area contributed by atoms with E-state index in [0.29, 0.717) is 30.7 Å². The summed E-state index contributed by atoms with van der Waals surface area (Å²) in [6, 6.07) is 30.6. The molecule has 4 aromatic rings. The first-order valence-electron chi connectivity index (χ1n) is 15.1. The van der Waals surface area contributed by atoms with Crippen LogP contribution in [0.15, 0.2) is 103 Å². The van der Waals surface area contributed by atoms with Crippen LogP contribution < -0.4 is 16.4 Å². The van der Waals surface area contributed by atoms with Crippen molar-refractivity contribution in [3.8, 4) is 0 Å². The van der Waals surface area contributed by atoms with Crippen LogP contribution in [0.25, 0.3) is 0 Å². The second kappa shape index (κ2) is 22.0. The third-order valence-electron chi connectivity index (χ3n) is 6.44. The third-order valence-corrected chi connectivity index (χ3v) is 7.38. The number of rotatable bonds is 11. The molecule has 0 saturated heterocycles. The zero-order valence-electron chi connectivity index (χ0n) is 27.0. The van der Waals surface area contributed by atoms with Gasteiger partial charge in [-0.3, -0.25) is 9.59 Å². The van der Waals surface area contributed by atoms with Crippen molar-refractivity contribution in [1.29, 1.82) is 0 Å². The van der Waals surface area contributed by atoms with Crippen LogP contribution in [0.1, 0.15) is 36.5 Å². The molecule has 0 aromatic heterocycles. The van der Waals surface area contributed by atoms with Gasteiger partial charge in [-0.2, -0.15) is 0 Å². The molecule has 2 amide bonds. The highest BCUT2D eigenvalue weighted by molar-refractivity contribution is 7.82. The van der Waals surface area contributed by atoms with Gasteiger partial charge in [-0.05, 0) is 74.9 Å². The Labute approximate surface area is 301 Å². The van der Waals surface area contributed by atoms with E-state index in [2.05, 4.69) is 27.6 Å². The van der Waals surface area contributed by atoms with Gasteiger partial charge in [-0.15, -0.1) is 0 Å². The van der Waals surface area contributed by atoms with E-state index in [0.717, 1.165) is 35.4 Å². The summed E-state index contributed by atoms with van der Waals surface area (Å²) in [4.78, 5) is 34.5. The van der Waals surface area contributed by atoms with E-state index in [1.165, 1.54) is 11.6 Å². The number of carbonyl (C=O) groups excluding carboxylic acids is 3. The second-order valence-electron chi connectivity index (χ2n) is 10.3. The number of nitrogens with two attached hydrogens (primary N) is 1. The molecule has 4 rings (SSSR count). The summed E-state index contributed by atoms with van der Waals surface area (Å²) in [6.45, 7) is 4.02. The highest BCUT2D eigenvalue weighted by Crippen LogP contribution is 2.14. The Morgan fingerprint density at radius 3 is 1.53 bits per heavy atom. The van der Waals surface area contributed by atoms with Gasteiger partial charge in [0.1, 0.15) is 0 Å². The largest absolute Gasteiger partial charge is 0.461 e. The van der Waals surface area contributed by atoms with Gasteiger partial charge in [0.05, 0.1) is 16.3 Å². The van der Waals surface area contributed by atoms with Gasteiger partial charge in [-0.25, -0.2) is 13.6 Å². The van der Waals surface area contributed by atoms with Crippen molar-refractivity contribution < 1.29 is 27.9 Å². The van der Waals surface area contributed by atoms with Crippen molar-refractivity contribution in [2.24, 2.45) is 5.73 Å². The molecule has 0 spiro atoms. The van der Waals surface area contributed by atoms with Crippen molar-refractivity contribution in [3.63, 3.8) is 0 Å². The Kier molecular flexibility index (Phi) is 18.1. The van der Waals surface area contributed by atoms with E-state index in [4.69, 9.17) is 30.2 Å². The van der Waals surface area contributed by atoms with Crippen LogP contribution in [0.4, 0.5) is 20.2 Å². The number of esters is 1. The lowest BCUT2D eigenvalue weighted by Gasteiger charge is -2.07. The topological polar surface area (TPSA) is 111 Å². The molecule has 0 aliphatic rings. The molecule has 0 atom stereocenters. The summed E-state index contributed by atoms with van der Waals surface area (Å²) in [7, 11) is 0. The molecular formula is C37H37F2N3O4S3. The lowest BCUT2D eigenvalue weighted by Crippen LogP contribution is -2.23. The van der Waals surface area contributed by atoms with E-state index in [9.17, 15) is 23.2 Å². The molecule has 256 valence electrons. The SMILES string of the molecule is CCOC(=O)C(N)=S.Cc1ccc(NC(=O)C(=S)CCc2ccccc2)cc1.O=C(Nc1ccc(F)c(F)c1)C(=S)CCc1ccccc1. The number of hydrogen-bond acceptors (Lipinski definition) is 7. The van der Waals surface area contributed by atoms with E-state index in [1.54, 1.807) is 6.92 Å². The summed E-state index contributed by atoms with van der Waals surface area (Å²) in [5.41, 5.74) is 9.28. The van der Waals surface area contributed by atoms with E-state index in [-0.39, 0.29) is 21.4 Å². The number of carbonyl (C=O) groups is 3. The van der Waals surface area contributed by atoms with Crippen LogP contribution in [0.3, 0.4) is 0 Å². The Hall–Kier alpha value is -4.78. The molecule has 0 saturated carbocycles. The summed E-state index contributed by atoms with van der Waals surface area (Å²) >= 11 is 14.5. The number of anilines is 2. The van der Waals surface area contributed by atoms with Gasteiger partial charge in [0.15, 0.2) is 16.6 Å². The molecule has 0 unspecified atom stereocenters. The molecule has 0 fully saturated rings. The van der Waals surface area contributed by atoms with Crippen LogP contribution in [-0.2, 0) is 32.0 Å². The Bertz CT molecular complexity index is 1720. The molecule has 4 aromatic carbocycles. The van der Waals surface area contributed by atoms with Gasteiger partial charge in [-0.1, -0.05) is 115 Å². The molecule has 0 aliphatic carbocycles. The average Bonchev–Trinajstić information content (AvgIpc) is 3.10. The fourth-order valence-corrected chi connectivity index (χ4v) is 4.21. The molecule has 12 heteroatoms. The highest BCUT2D eigenvalue weighted by Gasteiger charge is 2.12. The van der Waals surface area contributed by atoms with Crippen LogP contribution in [0.5, 0.6) is 0 Å². The Morgan fingerprint density at radius 2 is 1.12 bits per heavy atom. The molecule has 0 radical (unpaired) electrons. The number of aryl methyl sites for hydroxylation is 3. The molecular weight excluding hydrogens is 685 g/mol. The van der Waals surface area contributed by atoms with Crippen LogP contribution in [0, 0.1) is 18.6 Å². The molecule has 4 N–H and O–H groups in total. The van der Waals surface area contributed by atoms with Gasteiger partial charge in [0.2, 0.25) is 0 Å². The third kappa shape index (κ3) is 16.3. The second-order valence-corrected chi connectivity index (χ2v) is 11.7. The Balaban J connectivity index is 0.000000280. The van der Waals surface area contributed by atoms with Crippen molar-refractivity contribution in [1.82, 2.24) is 0 Å². The fourth-order valence-electron chi connectivity index (χ4n) is 3.85. The molecule has 0 bridgehead atoms. The van der Waals surface area contributed by atoms with E-state index >= 15 is 0 Å². The van der Waals surface area contributed by atoms with Gasteiger partial charge in [0, 0.05) is 17.4 Å². The van der Waals surface area contributed by atoms with Gasteiger partial charge < -0.3 is 21.1 Å². The lowest BCUT2D eigenvalue weighted by molar-refractivity contribution is -0.134. The molecule has 0 aliphatic heterocycles. The predicted molar refractivity (Wildman–Crippen MR) is 203 cm³/mol. The summed E-state index contributed by atoms with van der Waals surface area (Å²) < 4.78 is 30.2. The normalized spacial score (nSPS) is 9.80. The minimum Gasteiger partial charge on any atom is -0.461 e. The van der Waals surface area contributed by atoms with Crippen molar-refractivity contribution in [2.75, 3.05) is 17.2 Å². The quantitative estimate of drug-likeness (QED) is 0.107. The number of ether oxygens (including phenoxy) is 1. The van der Waals surface area contributed by atoms with Crippen LogP contribution in [-0.4, -0.2) is 39.1 Å². The highest BCUT2D eigenvalue weighted by atomic mass is 32.1.